The lowest BCUT2D eigenvalue weighted by atomic mass is 10.6. The molecule has 0 amide bonds. The van der Waals surface area contributed by atoms with E-state index in [9.17, 15) is 13.6 Å². The maximum atomic E-state index is 10.6. The average molecular weight is 151 g/mol. The molecule has 1 heterocycles. The summed E-state index contributed by atoms with van der Waals surface area (Å²) in [6.07, 6.45) is 0. The van der Waals surface area contributed by atoms with Gasteiger partial charge < -0.3 is 10.3 Å². The quantitative estimate of drug-likeness (QED) is 0.400. The van der Waals surface area contributed by atoms with Crippen LogP contribution in [0.25, 0.3) is 0 Å². The van der Waals surface area contributed by atoms with Crippen molar-refractivity contribution in [2.45, 2.75) is 0 Å². The molecule has 4 nitrogen and oxygen atoms in total. The van der Waals surface area contributed by atoms with E-state index in [-0.39, 0.29) is 29.7 Å². The van der Waals surface area contributed by atoms with Crippen molar-refractivity contribution in [1.82, 2.24) is 0 Å². The molecule has 0 aromatic rings. The number of hydrogen-bond acceptors (Lipinski definition) is 3. The third-order valence-electron chi connectivity index (χ3n) is 1.38. The molecule has 0 aromatic heterocycles. The molecule has 0 radical (unpaired) electrons. The molecule has 1 fully saturated rings. The summed E-state index contributed by atoms with van der Waals surface area (Å²) in [5.41, 5.74) is 0. The van der Waals surface area contributed by atoms with Crippen molar-refractivity contribution in [3.63, 3.8) is 0 Å². The molecule has 0 bridgehead atoms. The molecule has 0 aromatic carbocycles. The lowest BCUT2D eigenvalue weighted by Gasteiger charge is -2.25. The lowest BCUT2D eigenvalue weighted by molar-refractivity contribution is -0.844. The van der Waals surface area contributed by atoms with Gasteiger partial charge in [-0.1, -0.05) is 0 Å². The van der Waals surface area contributed by atoms with Crippen molar-refractivity contribution in [1.29, 1.82) is 0 Å². The fourth-order valence-electron chi connectivity index (χ4n) is 0.766. The van der Waals surface area contributed by atoms with Crippen molar-refractivity contribution >= 4 is 9.84 Å². The Bertz CT molecular complexity index is 172. The topological polar surface area (TPSA) is 61.6 Å². The minimum atomic E-state index is -2.84. The van der Waals surface area contributed by atoms with Gasteiger partial charge in [0.1, 0.15) is 0 Å². The highest BCUT2D eigenvalue weighted by Gasteiger charge is 2.19. The second-order valence-electron chi connectivity index (χ2n) is 2.19. The van der Waals surface area contributed by atoms with Gasteiger partial charge in [-0.25, -0.2) is 8.42 Å². The Kier molecular flexibility index (Phi) is 1.74. The van der Waals surface area contributed by atoms with Crippen LogP contribution in [0.4, 0.5) is 0 Å². The molecule has 0 aliphatic carbocycles. The molecular weight excluding hydrogens is 142 g/mol. The Labute approximate surface area is 54.0 Å². The minimum absolute atomic E-state index is 0.0613. The van der Waals surface area contributed by atoms with Crippen LogP contribution in [0.15, 0.2) is 0 Å². The molecule has 9 heavy (non-hydrogen) atoms. The lowest BCUT2D eigenvalue weighted by Crippen LogP contribution is -3.09. The highest BCUT2D eigenvalue weighted by molar-refractivity contribution is 7.91. The Morgan fingerprint density at radius 2 is 1.67 bits per heavy atom. The van der Waals surface area contributed by atoms with Crippen molar-refractivity contribution in [3.05, 3.63) is 5.21 Å². The first-order valence-electron chi connectivity index (χ1n) is 2.82. The predicted octanol–water partition coefficient (Wildman–Crippen LogP) is -2.20. The number of rotatable bonds is 0. The van der Waals surface area contributed by atoms with E-state index in [1.54, 1.807) is 0 Å². The molecule has 0 spiro atoms. The molecule has 1 aliphatic heterocycles. The summed E-state index contributed by atoms with van der Waals surface area (Å²) in [5, 5.41) is 10.6. The van der Waals surface area contributed by atoms with Gasteiger partial charge in [0.05, 0.1) is 24.6 Å². The number of quaternary nitrogens is 1. The van der Waals surface area contributed by atoms with Crippen molar-refractivity contribution < 1.29 is 13.5 Å². The molecule has 0 atom stereocenters. The van der Waals surface area contributed by atoms with E-state index in [0.29, 0.717) is 0 Å². The first kappa shape index (κ1) is 6.98. The van der Waals surface area contributed by atoms with Gasteiger partial charge in [-0.3, -0.25) is 0 Å². The summed E-state index contributed by atoms with van der Waals surface area (Å²) in [6.45, 7) is 0.449. The monoisotopic (exact) mass is 151 g/mol. The smallest absolute Gasteiger partial charge is 0.161 e. The van der Waals surface area contributed by atoms with Gasteiger partial charge in [-0.2, -0.15) is 0 Å². The maximum Gasteiger partial charge on any atom is 0.161 e. The van der Waals surface area contributed by atoms with E-state index in [1.165, 1.54) is 0 Å². The zero-order valence-corrected chi connectivity index (χ0v) is 5.78. The molecule has 1 N–H and O–H groups in total. The van der Waals surface area contributed by atoms with Gasteiger partial charge in [0.25, 0.3) is 0 Å². The van der Waals surface area contributed by atoms with Crippen LogP contribution in [0.3, 0.4) is 0 Å². The van der Waals surface area contributed by atoms with Crippen LogP contribution in [-0.4, -0.2) is 33.0 Å². The van der Waals surface area contributed by atoms with Crippen LogP contribution in [0, 0.1) is 5.21 Å². The third-order valence-corrected chi connectivity index (χ3v) is 3.04. The fraction of sp³-hybridized carbons (Fsp3) is 1.00. The molecule has 5 heteroatoms. The summed E-state index contributed by atoms with van der Waals surface area (Å²) in [7, 11) is -2.84. The van der Waals surface area contributed by atoms with E-state index in [1.807, 2.05) is 0 Å². The van der Waals surface area contributed by atoms with E-state index in [0.717, 1.165) is 0 Å². The van der Waals surface area contributed by atoms with Crippen LogP contribution < -0.4 is 5.06 Å². The molecule has 0 saturated carbocycles. The molecule has 1 aliphatic rings. The van der Waals surface area contributed by atoms with Gasteiger partial charge in [0.2, 0.25) is 0 Å². The van der Waals surface area contributed by atoms with Crippen LogP contribution in [0.1, 0.15) is 0 Å². The molecule has 1 rings (SSSR count). The van der Waals surface area contributed by atoms with E-state index in [2.05, 4.69) is 0 Å². The molecular formula is C4H9NO3S. The van der Waals surface area contributed by atoms with E-state index < -0.39 is 9.84 Å². The number of nitrogens with one attached hydrogen (secondary N) is 1. The molecule has 0 unspecified atom stereocenters. The average Bonchev–Trinajstić information content (AvgIpc) is 1.78. The van der Waals surface area contributed by atoms with Gasteiger partial charge in [-0.05, 0) is 0 Å². The zero-order chi connectivity index (χ0) is 6.91. The summed E-state index contributed by atoms with van der Waals surface area (Å²) in [5.74, 6) is 0.123. The van der Waals surface area contributed by atoms with E-state index >= 15 is 0 Å². The Morgan fingerprint density at radius 3 is 2.00 bits per heavy atom. The molecule has 1 saturated heterocycles. The maximum absolute atomic E-state index is 10.6. The normalized spacial score (nSPS) is 28.1. The third kappa shape index (κ3) is 1.92. The van der Waals surface area contributed by atoms with Gasteiger partial charge in [0, 0.05) is 0 Å². The first-order valence-corrected chi connectivity index (χ1v) is 4.64. The van der Waals surface area contributed by atoms with Crippen molar-refractivity contribution in [2.75, 3.05) is 24.6 Å². The number of hydrogen-bond donors (Lipinski definition) is 1. The van der Waals surface area contributed by atoms with Crippen LogP contribution in [0.5, 0.6) is 0 Å². The van der Waals surface area contributed by atoms with Gasteiger partial charge >= 0.3 is 0 Å². The number of hydroxylamine groups is 2. The van der Waals surface area contributed by atoms with Gasteiger partial charge in [0.15, 0.2) is 9.84 Å². The molecule has 54 valence electrons. The van der Waals surface area contributed by atoms with Crippen molar-refractivity contribution in [2.24, 2.45) is 0 Å². The predicted molar refractivity (Wildman–Crippen MR) is 32.7 cm³/mol. The Balaban J connectivity index is 2.55. The summed E-state index contributed by atoms with van der Waals surface area (Å²) < 4.78 is 21.3. The minimum Gasteiger partial charge on any atom is -0.634 e. The van der Waals surface area contributed by atoms with Crippen LogP contribution in [0.2, 0.25) is 0 Å². The number of sulfone groups is 1. The van der Waals surface area contributed by atoms with Crippen molar-refractivity contribution in [3.8, 4) is 0 Å². The standard InChI is InChI=1S/C4H9NO3S/c6-5-1-3-9(7,8)4-2-5/h5H,1-4H2. The highest BCUT2D eigenvalue weighted by atomic mass is 32.2. The zero-order valence-electron chi connectivity index (χ0n) is 4.96. The summed E-state index contributed by atoms with van der Waals surface area (Å²) in [4.78, 5) is 0. The Morgan fingerprint density at radius 1 is 1.22 bits per heavy atom. The van der Waals surface area contributed by atoms with Crippen LogP contribution >= 0.6 is 0 Å². The second kappa shape index (κ2) is 2.24. The Hall–Kier alpha value is -0.130. The fourth-order valence-corrected chi connectivity index (χ4v) is 2.05. The summed E-state index contributed by atoms with van der Waals surface area (Å²) >= 11 is 0. The second-order valence-corrected chi connectivity index (χ2v) is 4.49. The highest BCUT2D eigenvalue weighted by Crippen LogP contribution is 1.88. The van der Waals surface area contributed by atoms with Gasteiger partial charge in [-0.15, -0.1) is 0 Å². The van der Waals surface area contributed by atoms with Crippen LogP contribution in [-0.2, 0) is 9.84 Å². The SMILES string of the molecule is O=S1(=O)CC[NH+]([O-])CC1. The largest absolute Gasteiger partial charge is 0.634 e. The summed E-state index contributed by atoms with van der Waals surface area (Å²) in [6, 6.07) is 0. The first-order chi connectivity index (χ1) is 4.10. The van der Waals surface area contributed by atoms with E-state index in [4.69, 9.17) is 0 Å².